The smallest absolute Gasteiger partial charge is 0.255 e. The third-order valence-corrected chi connectivity index (χ3v) is 5.91. The Morgan fingerprint density at radius 1 is 0.853 bits per heavy atom. The van der Waals surface area contributed by atoms with E-state index in [1.54, 1.807) is 49.6 Å². The first-order chi connectivity index (χ1) is 16.5. The molecule has 1 aliphatic rings. The molecule has 4 rings (SSSR count). The minimum Gasteiger partial charge on any atom is -0.497 e. The number of ether oxygens (including phenoxy) is 1. The maximum absolute atomic E-state index is 12.9. The summed E-state index contributed by atoms with van der Waals surface area (Å²) in [7, 11) is 3.72. The molecule has 1 saturated heterocycles. The molecular formula is C27H29N4O3. The van der Waals surface area contributed by atoms with Gasteiger partial charge in [-0.15, -0.1) is 0 Å². The molecule has 0 unspecified atom stereocenters. The summed E-state index contributed by atoms with van der Waals surface area (Å²) in [5.41, 5.74) is 3.03. The van der Waals surface area contributed by atoms with Crippen LogP contribution in [0.2, 0.25) is 0 Å². The lowest BCUT2D eigenvalue weighted by Gasteiger charge is -2.23. The van der Waals surface area contributed by atoms with Crippen molar-refractivity contribution in [1.29, 1.82) is 0 Å². The molecule has 0 aromatic heterocycles. The lowest BCUT2D eigenvalue weighted by atomic mass is 10.1. The van der Waals surface area contributed by atoms with Crippen LogP contribution in [0.15, 0.2) is 66.7 Å². The summed E-state index contributed by atoms with van der Waals surface area (Å²) in [5, 5.41) is 5.71. The van der Waals surface area contributed by atoms with Gasteiger partial charge in [0, 0.05) is 42.5 Å². The van der Waals surface area contributed by atoms with Crippen LogP contribution in [0.25, 0.3) is 0 Å². The van der Waals surface area contributed by atoms with Crippen LogP contribution in [-0.2, 0) is 0 Å². The lowest BCUT2D eigenvalue weighted by molar-refractivity contribution is 0.101. The summed E-state index contributed by atoms with van der Waals surface area (Å²) in [5.74, 6) is 0.126. The van der Waals surface area contributed by atoms with Crippen LogP contribution in [0.3, 0.4) is 0 Å². The van der Waals surface area contributed by atoms with E-state index in [1.807, 2.05) is 24.3 Å². The van der Waals surface area contributed by atoms with Gasteiger partial charge in [-0.05, 0) is 74.6 Å². The van der Waals surface area contributed by atoms with Gasteiger partial charge in [-0.3, -0.25) is 9.59 Å². The number of anilines is 3. The first-order valence-corrected chi connectivity index (χ1v) is 11.3. The van der Waals surface area contributed by atoms with Crippen molar-refractivity contribution in [1.82, 2.24) is 4.90 Å². The zero-order valence-electron chi connectivity index (χ0n) is 19.5. The number of para-hydroxylation sites is 1. The van der Waals surface area contributed by atoms with Crippen molar-refractivity contribution in [2.45, 2.75) is 6.42 Å². The Morgan fingerprint density at radius 3 is 2.24 bits per heavy atom. The standard InChI is InChI=1S/C27H29N4O3/c1-30-16-5-17-31(19-18-30)22-12-8-20(9-13-22)26(32)28-24-6-3-4-7-25(24)29-27(33)21-10-14-23(34-2)15-11-21/h3-4,7-15H,5,16-19H2,1-2H3,(H,28,32)(H,29,33). The number of nitrogens with zero attached hydrogens (tertiary/aromatic N) is 2. The molecule has 2 N–H and O–H groups in total. The van der Waals surface area contributed by atoms with Crippen LogP contribution in [-0.4, -0.2) is 57.1 Å². The van der Waals surface area contributed by atoms with E-state index >= 15 is 0 Å². The van der Waals surface area contributed by atoms with E-state index in [0.29, 0.717) is 28.3 Å². The van der Waals surface area contributed by atoms with Crippen molar-refractivity contribution < 1.29 is 14.3 Å². The van der Waals surface area contributed by atoms with Crippen molar-refractivity contribution in [3.8, 4) is 5.75 Å². The molecule has 3 aromatic rings. The zero-order chi connectivity index (χ0) is 23.9. The van der Waals surface area contributed by atoms with Gasteiger partial charge in [0.25, 0.3) is 11.8 Å². The van der Waals surface area contributed by atoms with E-state index in [-0.39, 0.29) is 11.8 Å². The Labute approximate surface area is 200 Å². The summed E-state index contributed by atoms with van der Waals surface area (Å²) in [6.07, 6.45) is 1.12. The number of carbonyl (C=O) groups excluding carboxylic acids is 2. The van der Waals surface area contributed by atoms with Crippen LogP contribution >= 0.6 is 0 Å². The molecule has 1 heterocycles. The first-order valence-electron chi connectivity index (χ1n) is 11.3. The molecule has 0 bridgehead atoms. The van der Waals surface area contributed by atoms with Crippen molar-refractivity contribution in [3.63, 3.8) is 0 Å². The summed E-state index contributed by atoms with van der Waals surface area (Å²) >= 11 is 0. The van der Waals surface area contributed by atoms with E-state index in [9.17, 15) is 9.59 Å². The van der Waals surface area contributed by atoms with E-state index in [4.69, 9.17) is 4.74 Å². The van der Waals surface area contributed by atoms with Crippen molar-refractivity contribution in [3.05, 3.63) is 83.9 Å². The lowest BCUT2D eigenvalue weighted by Crippen LogP contribution is -2.28. The Balaban J connectivity index is 1.42. The molecular weight excluding hydrogens is 428 g/mol. The largest absolute Gasteiger partial charge is 0.497 e. The van der Waals surface area contributed by atoms with Gasteiger partial charge < -0.3 is 25.2 Å². The first kappa shape index (κ1) is 23.3. The molecule has 0 saturated carbocycles. The van der Waals surface area contributed by atoms with Crippen LogP contribution in [0.1, 0.15) is 27.1 Å². The quantitative estimate of drug-likeness (QED) is 0.582. The number of amides is 2. The number of rotatable bonds is 6. The number of hydrogen-bond donors (Lipinski definition) is 2. The topological polar surface area (TPSA) is 73.9 Å². The highest BCUT2D eigenvalue weighted by atomic mass is 16.5. The average molecular weight is 458 g/mol. The fourth-order valence-corrected chi connectivity index (χ4v) is 3.90. The molecule has 7 nitrogen and oxygen atoms in total. The molecule has 34 heavy (non-hydrogen) atoms. The van der Waals surface area contributed by atoms with Gasteiger partial charge in [0.1, 0.15) is 5.75 Å². The molecule has 175 valence electrons. The highest BCUT2D eigenvalue weighted by Gasteiger charge is 2.15. The number of methoxy groups -OCH3 is 1. The molecule has 1 aliphatic heterocycles. The van der Waals surface area contributed by atoms with Crippen molar-refractivity contribution in [2.75, 3.05) is 55.9 Å². The van der Waals surface area contributed by atoms with Gasteiger partial charge in [-0.25, -0.2) is 0 Å². The molecule has 7 heteroatoms. The van der Waals surface area contributed by atoms with E-state index in [2.05, 4.69) is 33.5 Å². The zero-order valence-corrected chi connectivity index (χ0v) is 19.5. The van der Waals surface area contributed by atoms with Gasteiger partial charge in [0.15, 0.2) is 0 Å². The predicted octanol–water partition coefficient (Wildman–Crippen LogP) is 4.14. The molecule has 3 aromatic carbocycles. The third kappa shape index (κ3) is 5.74. The number of likely N-dealkylation sites (N-methyl/N-ethyl adjacent to an activating group) is 1. The second-order valence-corrected chi connectivity index (χ2v) is 8.29. The monoisotopic (exact) mass is 457 g/mol. The normalized spacial score (nSPS) is 14.2. The molecule has 2 amide bonds. The minimum atomic E-state index is -0.287. The Kier molecular flexibility index (Phi) is 7.44. The van der Waals surface area contributed by atoms with Gasteiger partial charge in [0.05, 0.1) is 18.5 Å². The Bertz CT molecular complexity index is 1130. The summed E-state index contributed by atoms with van der Waals surface area (Å²) in [6.45, 7) is 4.10. The summed E-state index contributed by atoms with van der Waals surface area (Å²) < 4.78 is 5.13. The molecule has 1 radical (unpaired) electrons. The summed E-state index contributed by atoms with van der Waals surface area (Å²) in [6, 6.07) is 22.6. The Hall–Kier alpha value is -3.84. The van der Waals surface area contributed by atoms with Crippen molar-refractivity contribution in [2.24, 2.45) is 0 Å². The maximum atomic E-state index is 12.9. The number of hydrogen-bond acceptors (Lipinski definition) is 5. The fourth-order valence-electron chi connectivity index (χ4n) is 3.90. The SMILES string of the molecule is COc1ccc(C(=O)Nc2ccc[c]c2NC(=O)c2ccc(N3CCCN(C)CC3)cc2)cc1. The number of benzene rings is 3. The highest BCUT2D eigenvalue weighted by molar-refractivity contribution is 6.10. The van der Waals surface area contributed by atoms with Crippen LogP contribution in [0, 0.1) is 6.07 Å². The molecule has 0 spiro atoms. The molecule has 0 atom stereocenters. The van der Waals surface area contributed by atoms with Crippen LogP contribution < -0.4 is 20.3 Å². The van der Waals surface area contributed by atoms with Crippen LogP contribution in [0.4, 0.5) is 17.1 Å². The minimum absolute atomic E-state index is 0.260. The van der Waals surface area contributed by atoms with Crippen LogP contribution in [0.5, 0.6) is 5.75 Å². The average Bonchev–Trinajstić information content (AvgIpc) is 3.09. The van der Waals surface area contributed by atoms with Gasteiger partial charge >= 0.3 is 0 Å². The second-order valence-electron chi connectivity index (χ2n) is 8.29. The van der Waals surface area contributed by atoms with Crippen molar-refractivity contribution >= 4 is 28.9 Å². The number of carbonyl (C=O) groups is 2. The van der Waals surface area contributed by atoms with E-state index in [1.165, 1.54) is 0 Å². The highest BCUT2D eigenvalue weighted by Crippen LogP contribution is 2.23. The second kappa shape index (κ2) is 10.9. The number of nitrogens with one attached hydrogen (secondary N) is 2. The fraction of sp³-hybridized carbons (Fsp3) is 0.259. The molecule has 1 fully saturated rings. The maximum Gasteiger partial charge on any atom is 0.255 e. The third-order valence-electron chi connectivity index (χ3n) is 5.91. The van der Waals surface area contributed by atoms with Gasteiger partial charge in [-0.2, -0.15) is 0 Å². The van der Waals surface area contributed by atoms with Gasteiger partial charge in [0.2, 0.25) is 0 Å². The van der Waals surface area contributed by atoms with Gasteiger partial charge in [-0.1, -0.05) is 12.1 Å². The van der Waals surface area contributed by atoms with E-state index < -0.39 is 0 Å². The molecule has 0 aliphatic carbocycles. The summed E-state index contributed by atoms with van der Waals surface area (Å²) in [4.78, 5) is 30.3. The predicted molar refractivity (Wildman–Crippen MR) is 135 cm³/mol. The Morgan fingerprint density at radius 2 is 1.53 bits per heavy atom. The van der Waals surface area contributed by atoms with E-state index in [0.717, 1.165) is 38.3 Å².